The predicted octanol–water partition coefficient (Wildman–Crippen LogP) is 3.99. The van der Waals surface area contributed by atoms with Crippen molar-refractivity contribution in [1.82, 2.24) is 5.06 Å². The molecule has 2 spiro atoms. The zero-order chi connectivity index (χ0) is 18.5. The summed E-state index contributed by atoms with van der Waals surface area (Å²) in [6.07, 6.45) is 7.18. The van der Waals surface area contributed by atoms with Crippen molar-refractivity contribution in [2.24, 2.45) is 11.3 Å². The van der Waals surface area contributed by atoms with Gasteiger partial charge in [0.15, 0.2) is 0 Å². The largest absolute Gasteiger partial charge is 0.508 e. The Morgan fingerprint density at radius 3 is 2.73 bits per heavy atom. The number of nitrogens with one attached hydrogen (secondary N) is 1. The summed E-state index contributed by atoms with van der Waals surface area (Å²) in [5.41, 5.74) is 1.97. The van der Waals surface area contributed by atoms with Crippen LogP contribution in [0.1, 0.15) is 56.6 Å². The Kier molecular flexibility index (Phi) is 4.27. The number of fused-ring (bicyclic) bond motifs is 3. The number of nitrogens with zero attached hydrogens (tertiary/aromatic N) is 1. The van der Waals surface area contributed by atoms with Gasteiger partial charge in [-0.25, -0.2) is 5.06 Å². The first-order chi connectivity index (χ1) is 12.5. The van der Waals surface area contributed by atoms with E-state index in [-0.39, 0.29) is 11.3 Å². The molecule has 2 unspecified atom stereocenters. The number of phenols is 1. The van der Waals surface area contributed by atoms with E-state index in [9.17, 15) is 5.11 Å². The fourth-order valence-electron chi connectivity index (χ4n) is 5.86. The standard InChI is InChI=1S/C21H30N2O3/c1-4-15-11-19(22)23(2)26-21(15)18-12-16(24)6-5-14(18)13-20(21)9-7-17(25-3)8-10-20/h5-6,12,15,17,22,24H,4,7-11,13H2,1-3H3. The molecule has 2 fully saturated rings. The summed E-state index contributed by atoms with van der Waals surface area (Å²) in [6.45, 7) is 2.20. The quantitative estimate of drug-likeness (QED) is 0.839. The van der Waals surface area contributed by atoms with Gasteiger partial charge in [-0.05, 0) is 61.8 Å². The van der Waals surface area contributed by atoms with Gasteiger partial charge >= 0.3 is 0 Å². The molecule has 1 aliphatic heterocycles. The first kappa shape index (κ1) is 17.8. The molecule has 1 aromatic rings. The van der Waals surface area contributed by atoms with E-state index >= 15 is 0 Å². The van der Waals surface area contributed by atoms with Gasteiger partial charge in [0.25, 0.3) is 0 Å². The zero-order valence-corrected chi connectivity index (χ0v) is 16.0. The first-order valence-corrected chi connectivity index (χ1v) is 9.81. The lowest BCUT2D eigenvalue weighted by molar-refractivity contribution is -0.293. The molecule has 1 heterocycles. The molecule has 2 atom stereocenters. The van der Waals surface area contributed by atoms with Crippen LogP contribution in [-0.4, -0.2) is 36.3 Å². The second-order valence-electron chi connectivity index (χ2n) is 8.31. The SMILES string of the molecule is CCC1CC(=N)N(C)OC12c1cc(O)ccc1CC21CCC(OC)CC1. The highest BCUT2D eigenvalue weighted by Crippen LogP contribution is 2.65. The average molecular weight is 358 g/mol. The van der Waals surface area contributed by atoms with Crippen LogP contribution < -0.4 is 0 Å². The van der Waals surface area contributed by atoms with Gasteiger partial charge in [-0.15, -0.1) is 0 Å². The highest BCUT2D eigenvalue weighted by Gasteiger charge is 2.65. The summed E-state index contributed by atoms with van der Waals surface area (Å²) in [5.74, 6) is 1.08. The van der Waals surface area contributed by atoms with Crippen molar-refractivity contribution in [2.45, 2.75) is 63.6 Å². The van der Waals surface area contributed by atoms with Gasteiger partial charge in [-0.2, -0.15) is 0 Å². The third kappa shape index (κ3) is 2.33. The highest BCUT2D eigenvalue weighted by molar-refractivity contribution is 5.79. The van der Waals surface area contributed by atoms with E-state index in [1.807, 2.05) is 13.1 Å². The zero-order valence-electron chi connectivity index (χ0n) is 16.0. The van der Waals surface area contributed by atoms with Gasteiger partial charge in [0.05, 0.1) is 6.10 Å². The minimum Gasteiger partial charge on any atom is -0.508 e. The van der Waals surface area contributed by atoms with Crippen LogP contribution in [0.3, 0.4) is 0 Å². The summed E-state index contributed by atoms with van der Waals surface area (Å²) < 4.78 is 5.63. The average Bonchev–Trinajstić information content (AvgIpc) is 2.89. The second-order valence-corrected chi connectivity index (χ2v) is 8.31. The number of hydrogen-bond acceptors (Lipinski definition) is 4. The van der Waals surface area contributed by atoms with E-state index in [2.05, 4.69) is 13.0 Å². The molecule has 1 saturated heterocycles. The maximum atomic E-state index is 10.2. The number of hydroxylamine groups is 2. The Hall–Kier alpha value is -1.59. The minimum absolute atomic E-state index is 0.00773. The lowest BCUT2D eigenvalue weighted by Crippen LogP contribution is -2.59. The molecule has 0 bridgehead atoms. The minimum atomic E-state index is -0.464. The predicted molar refractivity (Wildman–Crippen MR) is 100 cm³/mol. The summed E-state index contributed by atoms with van der Waals surface area (Å²) in [6, 6.07) is 5.78. The van der Waals surface area contributed by atoms with Crippen LogP contribution in [-0.2, 0) is 21.6 Å². The molecular weight excluding hydrogens is 328 g/mol. The van der Waals surface area contributed by atoms with Gasteiger partial charge in [-0.3, -0.25) is 10.2 Å². The molecule has 5 heteroatoms. The molecule has 2 N–H and O–H groups in total. The van der Waals surface area contributed by atoms with Crippen LogP contribution in [0.2, 0.25) is 0 Å². The van der Waals surface area contributed by atoms with E-state index in [0.29, 0.717) is 17.7 Å². The van der Waals surface area contributed by atoms with Crippen molar-refractivity contribution in [3.05, 3.63) is 29.3 Å². The molecule has 2 aliphatic carbocycles. The molecule has 4 rings (SSSR count). The van der Waals surface area contributed by atoms with E-state index in [1.165, 1.54) is 5.56 Å². The molecular formula is C21H30N2O3. The van der Waals surface area contributed by atoms with Crippen LogP contribution in [0.4, 0.5) is 0 Å². The molecule has 142 valence electrons. The summed E-state index contributed by atoms with van der Waals surface area (Å²) in [5, 5.41) is 20.2. The monoisotopic (exact) mass is 358 g/mol. The van der Waals surface area contributed by atoms with Gasteiger partial charge in [0.1, 0.15) is 17.2 Å². The molecule has 1 aromatic carbocycles. The first-order valence-electron chi connectivity index (χ1n) is 9.81. The van der Waals surface area contributed by atoms with Crippen LogP contribution in [0.5, 0.6) is 5.75 Å². The Bertz CT molecular complexity index is 711. The Balaban J connectivity index is 1.86. The summed E-state index contributed by atoms with van der Waals surface area (Å²) in [4.78, 5) is 6.65. The van der Waals surface area contributed by atoms with E-state index in [0.717, 1.165) is 50.5 Å². The van der Waals surface area contributed by atoms with Crippen LogP contribution in [0.25, 0.3) is 0 Å². The molecule has 3 aliphatic rings. The van der Waals surface area contributed by atoms with Crippen LogP contribution in [0, 0.1) is 16.7 Å². The Morgan fingerprint density at radius 2 is 2.08 bits per heavy atom. The highest BCUT2D eigenvalue weighted by atomic mass is 16.7. The topological polar surface area (TPSA) is 65.8 Å². The number of rotatable bonds is 2. The number of aromatic hydroxyl groups is 1. The van der Waals surface area contributed by atoms with Crippen LogP contribution in [0.15, 0.2) is 18.2 Å². The molecule has 1 saturated carbocycles. The maximum Gasteiger partial charge on any atom is 0.131 e. The van der Waals surface area contributed by atoms with E-state index < -0.39 is 5.60 Å². The van der Waals surface area contributed by atoms with Gasteiger partial charge in [0.2, 0.25) is 0 Å². The normalized spacial score (nSPS) is 36.7. The summed E-state index contributed by atoms with van der Waals surface area (Å²) >= 11 is 0. The summed E-state index contributed by atoms with van der Waals surface area (Å²) in [7, 11) is 3.66. The lowest BCUT2D eigenvalue weighted by atomic mass is 9.57. The van der Waals surface area contributed by atoms with Crippen molar-refractivity contribution in [1.29, 1.82) is 5.41 Å². The molecule has 0 aromatic heterocycles. The molecule has 0 radical (unpaired) electrons. The number of benzene rings is 1. The van der Waals surface area contributed by atoms with Gasteiger partial charge < -0.3 is 9.84 Å². The molecule has 0 amide bonds. The molecule has 5 nitrogen and oxygen atoms in total. The number of ether oxygens (including phenoxy) is 1. The third-order valence-electron chi connectivity index (χ3n) is 7.20. The van der Waals surface area contributed by atoms with Gasteiger partial charge in [0, 0.05) is 31.9 Å². The van der Waals surface area contributed by atoms with Crippen molar-refractivity contribution < 1.29 is 14.7 Å². The van der Waals surface area contributed by atoms with E-state index in [1.54, 1.807) is 18.2 Å². The number of amidine groups is 1. The van der Waals surface area contributed by atoms with Crippen molar-refractivity contribution >= 4 is 5.84 Å². The maximum absolute atomic E-state index is 10.2. The smallest absolute Gasteiger partial charge is 0.131 e. The van der Waals surface area contributed by atoms with Crippen molar-refractivity contribution in [2.75, 3.05) is 14.2 Å². The van der Waals surface area contributed by atoms with Crippen LogP contribution >= 0.6 is 0 Å². The Morgan fingerprint density at radius 1 is 1.35 bits per heavy atom. The number of hydrogen-bond donors (Lipinski definition) is 2. The lowest BCUT2D eigenvalue weighted by Gasteiger charge is -2.56. The number of methoxy groups -OCH3 is 1. The fourth-order valence-corrected chi connectivity index (χ4v) is 5.86. The van der Waals surface area contributed by atoms with Crippen molar-refractivity contribution in [3.63, 3.8) is 0 Å². The Labute approximate surface area is 155 Å². The van der Waals surface area contributed by atoms with Crippen molar-refractivity contribution in [3.8, 4) is 5.75 Å². The second kappa shape index (κ2) is 6.24. The fraction of sp³-hybridized carbons (Fsp3) is 0.667. The molecule has 26 heavy (non-hydrogen) atoms. The number of phenolic OH excluding ortho intramolecular Hbond substituents is 1. The third-order valence-corrected chi connectivity index (χ3v) is 7.20. The van der Waals surface area contributed by atoms with E-state index in [4.69, 9.17) is 15.0 Å². The van der Waals surface area contributed by atoms with Gasteiger partial charge in [-0.1, -0.05) is 13.0 Å².